The summed E-state index contributed by atoms with van der Waals surface area (Å²) >= 11 is 0. The predicted octanol–water partition coefficient (Wildman–Crippen LogP) is 1.06. The molecule has 2 N–H and O–H groups in total. The van der Waals surface area contributed by atoms with E-state index < -0.39 is 0 Å². The molecule has 0 aromatic heterocycles. The van der Waals surface area contributed by atoms with Gasteiger partial charge in [0.2, 0.25) is 0 Å². The third-order valence-electron chi connectivity index (χ3n) is 4.40. The molecule has 2 heterocycles. The Hall–Kier alpha value is -0.120. The van der Waals surface area contributed by atoms with Crippen molar-refractivity contribution < 1.29 is 0 Å². The van der Waals surface area contributed by atoms with Crippen molar-refractivity contribution in [2.24, 2.45) is 5.92 Å². The standard InChI is InChI=1S/C13H27N3/c1-14-13(10-12-4-3-7-15-12)11-5-8-16(2)9-6-11/h11-15H,3-10H2,1-2H3. The molecule has 0 aromatic carbocycles. The van der Waals surface area contributed by atoms with Crippen LogP contribution in [0.15, 0.2) is 0 Å². The smallest absolute Gasteiger partial charge is 0.0108 e. The van der Waals surface area contributed by atoms with Crippen LogP contribution in [0.1, 0.15) is 32.1 Å². The van der Waals surface area contributed by atoms with Crippen LogP contribution < -0.4 is 10.6 Å². The van der Waals surface area contributed by atoms with Gasteiger partial charge >= 0.3 is 0 Å². The summed E-state index contributed by atoms with van der Waals surface area (Å²) in [6.45, 7) is 3.79. The molecule has 2 saturated heterocycles. The number of nitrogens with zero attached hydrogens (tertiary/aromatic N) is 1. The van der Waals surface area contributed by atoms with Crippen molar-refractivity contribution in [2.45, 2.75) is 44.2 Å². The van der Waals surface area contributed by atoms with Crippen molar-refractivity contribution in [3.05, 3.63) is 0 Å². The lowest BCUT2D eigenvalue weighted by molar-refractivity contribution is 0.178. The molecular weight excluding hydrogens is 198 g/mol. The second-order valence-corrected chi connectivity index (χ2v) is 5.56. The molecule has 94 valence electrons. The Morgan fingerprint density at radius 1 is 1.31 bits per heavy atom. The maximum atomic E-state index is 3.62. The first-order chi connectivity index (χ1) is 7.79. The van der Waals surface area contributed by atoms with Crippen LogP contribution in [-0.4, -0.2) is 50.7 Å². The van der Waals surface area contributed by atoms with E-state index in [0.717, 1.165) is 18.0 Å². The average molecular weight is 225 g/mol. The lowest BCUT2D eigenvalue weighted by Crippen LogP contribution is -2.43. The van der Waals surface area contributed by atoms with Gasteiger partial charge in [-0.2, -0.15) is 0 Å². The molecule has 0 aromatic rings. The van der Waals surface area contributed by atoms with Gasteiger partial charge in [-0.25, -0.2) is 0 Å². The highest BCUT2D eigenvalue weighted by Gasteiger charge is 2.27. The monoisotopic (exact) mass is 225 g/mol. The molecule has 0 amide bonds. The van der Waals surface area contributed by atoms with E-state index in [1.807, 2.05) is 0 Å². The molecule has 3 heteroatoms. The summed E-state index contributed by atoms with van der Waals surface area (Å²) in [6, 6.07) is 1.50. The Bertz CT molecular complexity index is 193. The number of hydrogen-bond acceptors (Lipinski definition) is 3. The van der Waals surface area contributed by atoms with E-state index in [0.29, 0.717) is 0 Å². The number of hydrogen-bond donors (Lipinski definition) is 2. The zero-order valence-corrected chi connectivity index (χ0v) is 10.8. The summed E-state index contributed by atoms with van der Waals surface area (Å²) < 4.78 is 0. The Kier molecular flexibility index (Phi) is 4.62. The summed E-state index contributed by atoms with van der Waals surface area (Å²) in [4.78, 5) is 2.46. The molecule has 0 aliphatic carbocycles. The van der Waals surface area contributed by atoms with E-state index in [-0.39, 0.29) is 0 Å². The first kappa shape index (κ1) is 12.3. The Morgan fingerprint density at radius 2 is 2.06 bits per heavy atom. The SMILES string of the molecule is CNC(CC1CCCN1)C1CCN(C)CC1. The van der Waals surface area contributed by atoms with E-state index in [1.54, 1.807) is 0 Å². The van der Waals surface area contributed by atoms with Crippen molar-refractivity contribution in [2.75, 3.05) is 33.7 Å². The molecule has 0 bridgehead atoms. The van der Waals surface area contributed by atoms with Gasteiger partial charge in [-0.05, 0) is 71.8 Å². The third kappa shape index (κ3) is 3.19. The van der Waals surface area contributed by atoms with Crippen LogP contribution in [0.2, 0.25) is 0 Å². The van der Waals surface area contributed by atoms with Crippen molar-refractivity contribution in [1.29, 1.82) is 0 Å². The molecule has 3 nitrogen and oxygen atoms in total. The Morgan fingerprint density at radius 3 is 2.62 bits per heavy atom. The Labute approximate surface area is 100.0 Å². The minimum Gasteiger partial charge on any atom is -0.317 e. The van der Waals surface area contributed by atoms with Crippen LogP contribution in [0.3, 0.4) is 0 Å². The zero-order chi connectivity index (χ0) is 11.4. The molecule has 2 fully saturated rings. The Balaban J connectivity index is 1.79. The maximum absolute atomic E-state index is 3.62. The van der Waals surface area contributed by atoms with Crippen LogP contribution in [-0.2, 0) is 0 Å². The van der Waals surface area contributed by atoms with Gasteiger partial charge in [0.25, 0.3) is 0 Å². The fourth-order valence-electron chi connectivity index (χ4n) is 3.24. The zero-order valence-electron chi connectivity index (χ0n) is 10.8. The van der Waals surface area contributed by atoms with E-state index in [2.05, 4.69) is 29.6 Å². The summed E-state index contributed by atoms with van der Waals surface area (Å²) in [5.74, 6) is 0.892. The summed E-state index contributed by atoms with van der Waals surface area (Å²) in [7, 11) is 4.38. The highest BCUT2D eigenvalue weighted by atomic mass is 15.1. The first-order valence-corrected chi connectivity index (χ1v) is 6.89. The van der Waals surface area contributed by atoms with Crippen LogP contribution in [0, 0.1) is 5.92 Å². The van der Waals surface area contributed by atoms with Crippen LogP contribution >= 0.6 is 0 Å². The molecule has 2 atom stereocenters. The fourth-order valence-corrected chi connectivity index (χ4v) is 3.24. The largest absolute Gasteiger partial charge is 0.317 e. The molecule has 2 unspecified atom stereocenters. The number of nitrogens with one attached hydrogen (secondary N) is 2. The van der Waals surface area contributed by atoms with Gasteiger partial charge in [-0.1, -0.05) is 0 Å². The van der Waals surface area contributed by atoms with E-state index in [4.69, 9.17) is 0 Å². The average Bonchev–Trinajstić information content (AvgIpc) is 2.80. The highest BCUT2D eigenvalue weighted by Crippen LogP contribution is 2.24. The van der Waals surface area contributed by atoms with Gasteiger partial charge in [0.1, 0.15) is 0 Å². The number of piperidine rings is 1. The molecule has 2 aliphatic heterocycles. The fraction of sp³-hybridized carbons (Fsp3) is 1.00. The second kappa shape index (κ2) is 5.99. The van der Waals surface area contributed by atoms with Crippen LogP contribution in [0.5, 0.6) is 0 Å². The van der Waals surface area contributed by atoms with E-state index in [9.17, 15) is 0 Å². The normalized spacial score (nSPS) is 30.8. The van der Waals surface area contributed by atoms with Crippen molar-refractivity contribution >= 4 is 0 Å². The molecule has 2 aliphatic rings. The minimum absolute atomic E-state index is 0.726. The predicted molar refractivity (Wildman–Crippen MR) is 68.7 cm³/mol. The lowest BCUT2D eigenvalue weighted by atomic mass is 9.86. The third-order valence-corrected chi connectivity index (χ3v) is 4.40. The van der Waals surface area contributed by atoms with Crippen molar-refractivity contribution in [3.63, 3.8) is 0 Å². The highest BCUT2D eigenvalue weighted by molar-refractivity contribution is 4.86. The second-order valence-electron chi connectivity index (χ2n) is 5.56. The lowest BCUT2D eigenvalue weighted by Gasteiger charge is -2.35. The van der Waals surface area contributed by atoms with Gasteiger partial charge in [0, 0.05) is 12.1 Å². The van der Waals surface area contributed by atoms with Gasteiger partial charge in [-0.15, -0.1) is 0 Å². The molecule has 0 radical (unpaired) electrons. The van der Waals surface area contributed by atoms with Gasteiger partial charge < -0.3 is 15.5 Å². The first-order valence-electron chi connectivity index (χ1n) is 6.89. The number of rotatable bonds is 4. The van der Waals surface area contributed by atoms with Crippen LogP contribution in [0.4, 0.5) is 0 Å². The topological polar surface area (TPSA) is 27.3 Å². The molecule has 0 saturated carbocycles. The quantitative estimate of drug-likeness (QED) is 0.749. The minimum atomic E-state index is 0.726. The molecular formula is C13H27N3. The van der Waals surface area contributed by atoms with Crippen molar-refractivity contribution in [1.82, 2.24) is 15.5 Å². The summed E-state index contributed by atoms with van der Waals surface area (Å²) in [5.41, 5.74) is 0. The number of likely N-dealkylation sites (tertiary alicyclic amines) is 1. The van der Waals surface area contributed by atoms with Gasteiger partial charge in [0.15, 0.2) is 0 Å². The maximum Gasteiger partial charge on any atom is 0.0108 e. The van der Waals surface area contributed by atoms with Gasteiger partial charge in [0.05, 0.1) is 0 Å². The molecule has 0 spiro atoms. The van der Waals surface area contributed by atoms with Crippen LogP contribution in [0.25, 0.3) is 0 Å². The molecule has 16 heavy (non-hydrogen) atoms. The van der Waals surface area contributed by atoms with E-state index >= 15 is 0 Å². The molecule has 2 rings (SSSR count). The van der Waals surface area contributed by atoms with Crippen molar-refractivity contribution in [3.8, 4) is 0 Å². The van der Waals surface area contributed by atoms with E-state index in [1.165, 1.54) is 51.7 Å². The summed E-state index contributed by atoms with van der Waals surface area (Å²) in [5, 5.41) is 7.17. The summed E-state index contributed by atoms with van der Waals surface area (Å²) in [6.07, 6.45) is 6.81. The van der Waals surface area contributed by atoms with Gasteiger partial charge in [-0.3, -0.25) is 0 Å².